The Balaban J connectivity index is 3.58. The van der Waals surface area contributed by atoms with Crippen LogP contribution in [-0.2, 0) is 9.09 Å². The molecule has 0 aliphatic carbocycles. The number of aliphatic hydroxyl groups is 1. The molecule has 6 nitrogen and oxygen atoms in total. The van der Waals surface area contributed by atoms with Crippen LogP contribution in [0.1, 0.15) is 0 Å². The first-order valence-corrected chi connectivity index (χ1v) is 3.76. The van der Waals surface area contributed by atoms with Gasteiger partial charge in [0.05, 0.1) is 12.7 Å². The molecule has 58 valence electrons. The molecule has 1 atom stereocenters. The minimum absolute atomic E-state index is 0.680. The quantitative estimate of drug-likeness (QED) is 0.366. The SMILES string of the molecule is N#CC(O)COP(=O)(O)O. The van der Waals surface area contributed by atoms with Crippen molar-refractivity contribution in [3.8, 4) is 6.07 Å². The second-order valence-electron chi connectivity index (χ2n) is 1.43. The summed E-state index contributed by atoms with van der Waals surface area (Å²) >= 11 is 0. The number of hydrogen-bond donors (Lipinski definition) is 3. The van der Waals surface area contributed by atoms with Crippen LogP contribution in [0, 0.1) is 11.3 Å². The summed E-state index contributed by atoms with van der Waals surface area (Å²) < 4.78 is 13.7. The van der Waals surface area contributed by atoms with Crippen molar-refractivity contribution < 1.29 is 24.0 Å². The van der Waals surface area contributed by atoms with Gasteiger partial charge in [-0.15, -0.1) is 0 Å². The highest BCUT2D eigenvalue weighted by atomic mass is 31.2. The number of hydrogen-bond acceptors (Lipinski definition) is 4. The Hall–Kier alpha value is -0.440. The Morgan fingerprint density at radius 2 is 2.20 bits per heavy atom. The predicted octanol–water partition coefficient (Wildman–Crippen LogP) is -1.02. The van der Waals surface area contributed by atoms with Gasteiger partial charge in [-0.2, -0.15) is 5.26 Å². The summed E-state index contributed by atoms with van der Waals surface area (Å²) in [4.78, 5) is 16.1. The van der Waals surface area contributed by atoms with Gasteiger partial charge in [0, 0.05) is 0 Å². The molecule has 0 amide bonds. The highest BCUT2D eigenvalue weighted by Gasteiger charge is 2.15. The Morgan fingerprint density at radius 3 is 2.50 bits per heavy atom. The van der Waals surface area contributed by atoms with Crippen molar-refractivity contribution in [3.05, 3.63) is 0 Å². The normalized spacial score (nSPS) is 14.2. The van der Waals surface area contributed by atoms with Crippen LogP contribution in [0.5, 0.6) is 0 Å². The fourth-order valence-electron chi connectivity index (χ4n) is 0.205. The first-order chi connectivity index (χ1) is 4.45. The summed E-state index contributed by atoms with van der Waals surface area (Å²) in [5.41, 5.74) is 0. The molecule has 3 N–H and O–H groups in total. The zero-order valence-electron chi connectivity index (χ0n) is 4.84. The monoisotopic (exact) mass is 167 g/mol. The van der Waals surface area contributed by atoms with Crippen LogP contribution in [0.15, 0.2) is 0 Å². The first kappa shape index (κ1) is 9.56. The van der Waals surface area contributed by atoms with Gasteiger partial charge in [-0.05, 0) is 0 Å². The maximum absolute atomic E-state index is 9.90. The van der Waals surface area contributed by atoms with E-state index in [1.807, 2.05) is 0 Å². The van der Waals surface area contributed by atoms with Gasteiger partial charge in [-0.3, -0.25) is 4.52 Å². The average molecular weight is 167 g/mol. The molecule has 0 aromatic rings. The fraction of sp³-hybridized carbons (Fsp3) is 0.667. The second kappa shape index (κ2) is 3.66. The van der Waals surface area contributed by atoms with E-state index in [1.54, 1.807) is 0 Å². The van der Waals surface area contributed by atoms with Crippen molar-refractivity contribution in [1.82, 2.24) is 0 Å². The molecule has 0 rings (SSSR count). The average Bonchev–Trinajstić information content (AvgIpc) is 1.81. The van der Waals surface area contributed by atoms with E-state index in [0.717, 1.165) is 0 Å². The van der Waals surface area contributed by atoms with Crippen LogP contribution < -0.4 is 0 Å². The number of phosphoric ester groups is 1. The minimum Gasteiger partial charge on any atom is -0.376 e. The molecule has 10 heavy (non-hydrogen) atoms. The molecular weight excluding hydrogens is 161 g/mol. The fourth-order valence-corrected chi connectivity index (χ4v) is 0.540. The summed E-state index contributed by atoms with van der Waals surface area (Å²) in [5.74, 6) is 0. The van der Waals surface area contributed by atoms with Crippen LogP contribution in [0.2, 0.25) is 0 Å². The summed E-state index contributed by atoms with van der Waals surface area (Å²) in [6.07, 6.45) is -1.49. The van der Waals surface area contributed by atoms with Gasteiger partial charge < -0.3 is 14.9 Å². The van der Waals surface area contributed by atoms with Gasteiger partial charge in [0.15, 0.2) is 6.10 Å². The lowest BCUT2D eigenvalue weighted by Crippen LogP contribution is -2.10. The highest BCUT2D eigenvalue weighted by Crippen LogP contribution is 2.35. The lowest BCUT2D eigenvalue weighted by atomic mass is 10.4. The third kappa shape index (κ3) is 5.69. The lowest BCUT2D eigenvalue weighted by Gasteiger charge is -2.04. The largest absolute Gasteiger partial charge is 0.469 e. The van der Waals surface area contributed by atoms with E-state index in [2.05, 4.69) is 4.52 Å². The molecule has 0 aliphatic rings. The number of nitriles is 1. The molecule has 0 aliphatic heterocycles. The molecule has 7 heteroatoms. The highest BCUT2D eigenvalue weighted by molar-refractivity contribution is 7.46. The van der Waals surface area contributed by atoms with E-state index in [1.165, 1.54) is 6.07 Å². The minimum atomic E-state index is -4.54. The summed E-state index contributed by atoms with van der Waals surface area (Å²) in [6, 6.07) is 1.32. The number of phosphoric acid groups is 1. The zero-order chi connectivity index (χ0) is 8.20. The first-order valence-electron chi connectivity index (χ1n) is 2.23. The van der Waals surface area contributed by atoms with Crippen LogP contribution in [0.4, 0.5) is 0 Å². The molecule has 0 fully saturated rings. The van der Waals surface area contributed by atoms with Crippen LogP contribution >= 0.6 is 7.82 Å². The van der Waals surface area contributed by atoms with Gasteiger partial charge in [0.25, 0.3) is 0 Å². The summed E-state index contributed by atoms with van der Waals surface area (Å²) in [7, 11) is -4.54. The Morgan fingerprint density at radius 1 is 1.70 bits per heavy atom. The van der Waals surface area contributed by atoms with E-state index < -0.39 is 20.5 Å². The molecule has 0 radical (unpaired) electrons. The molecule has 0 aromatic carbocycles. The van der Waals surface area contributed by atoms with Crippen LogP contribution in [-0.4, -0.2) is 27.6 Å². The summed E-state index contributed by atoms with van der Waals surface area (Å²) in [5, 5.41) is 16.3. The second-order valence-corrected chi connectivity index (χ2v) is 2.67. The molecule has 0 aromatic heterocycles. The maximum Gasteiger partial charge on any atom is 0.469 e. The van der Waals surface area contributed by atoms with Crippen molar-refractivity contribution in [2.75, 3.05) is 6.61 Å². The van der Waals surface area contributed by atoms with Gasteiger partial charge in [-0.1, -0.05) is 0 Å². The molecule has 1 unspecified atom stereocenters. The third-order valence-electron chi connectivity index (χ3n) is 0.550. The summed E-state index contributed by atoms with van der Waals surface area (Å²) in [6.45, 7) is -0.680. The standard InChI is InChI=1S/C3H6NO5P/c4-1-3(5)2-9-10(6,7)8/h3,5H,2H2,(H2,6,7,8). The topological polar surface area (TPSA) is 111 Å². The molecule has 0 spiro atoms. The van der Waals surface area contributed by atoms with Crippen molar-refractivity contribution in [3.63, 3.8) is 0 Å². The molecular formula is C3H6NO5P. The molecule has 0 bridgehead atoms. The van der Waals surface area contributed by atoms with E-state index in [-0.39, 0.29) is 0 Å². The maximum atomic E-state index is 9.90. The number of nitrogens with zero attached hydrogens (tertiary/aromatic N) is 1. The Labute approximate surface area is 56.9 Å². The van der Waals surface area contributed by atoms with Gasteiger partial charge in [0.1, 0.15) is 0 Å². The van der Waals surface area contributed by atoms with Gasteiger partial charge in [0.2, 0.25) is 0 Å². The number of rotatable bonds is 3. The zero-order valence-corrected chi connectivity index (χ0v) is 5.73. The molecule has 0 saturated heterocycles. The van der Waals surface area contributed by atoms with Crippen molar-refractivity contribution >= 4 is 7.82 Å². The van der Waals surface area contributed by atoms with Gasteiger partial charge in [-0.25, -0.2) is 4.57 Å². The van der Waals surface area contributed by atoms with Crippen LogP contribution in [0.3, 0.4) is 0 Å². The van der Waals surface area contributed by atoms with Crippen molar-refractivity contribution in [1.29, 1.82) is 5.26 Å². The van der Waals surface area contributed by atoms with E-state index in [4.69, 9.17) is 20.2 Å². The molecule has 0 heterocycles. The van der Waals surface area contributed by atoms with Crippen molar-refractivity contribution in [2.45, 2.75) is 6.10 Å². The van der Waals surface area contributed by atoms with Crippen LogP contribution in [0.25, 0.3) is 0 Å². The number of aliphatic hydroxyl groups excluding tert-OH is 1. The van der Waals surface area contributed by atoms with Crippen molar-refractivity contribution in [2.24, 2.45) is 0 Å². The molecule has 0 saturated carbocycles. The Bertz CT molecular complexity index is 180. The third-order valence-corrected chi connectivity index (χ3v) is 1.04. The lowest BCUT2D eigenvalue weighted by molar-refractivity contribution is 0.117. The smallest absolute Gasteiger partial charge is 0.376 e. The van der Waals surface area contributed by atoms with Gasteiger partial charge >= 0.3 is 7.82 Å². The van der Waals surface area contributed by atoms with E-state index in [0.29, 0.717) is 0 Å². The Kier molecular flexibility index (Phi) is 3.50. The van der Waals surface area contributed by atoms with E-state index >= 15 is 0 Å². The van der Waals surface area contributed by atoms with E-state index in [9.17, 15) is 4.57 Å². The predicted molar refractivity (Wildman–Crippen MR) is 29.6 cm³/mol.